The maximum atomic E-state index is 7.75. The first-order valence-electron chi connectivity index (χ1n) is 14.1. The summed E-state index contributed by atoms with van der Waals surface area (Å²) in [5.74, 6) is 2.02. The first-order chi connectivity index (χ1) is 22.1. The Hall–Kier alpha value is -5.69. The van der Waals surface area contributed by atoms with Gasteiger partial charge in [-0.3, -0.25) is 0 Å². The summed E-state index contributed by atoms with van der Waals surface area (Å²) in [5, 5.41) is 6.79. The number of rotatable bonds is 7. The number of benzene rings is 4. The summed E-state index contributed by atoms with van der Waals surface area (Å²) in [6.07, 6.45) is 0.669. The quantitative estimate of drug-likeness (QED) is 0.152. The smallest absolute Gasteiger partial charge is 0.509 e. The van der Waals surface area contributed by atoms with Crippen LogP contribution in [0.5, 0.6) is 17.4 Å². The van der Waals surface area contributed by atoms with Gasteiger partial charge in [-0.15, -0.1) is 40.8 Å². The van der Waals surface area contributed by atoms with Crippen molar-refractivity contribution < 1.29 is 30.5 Å². The fourth-order valence-electron chi connectivity index (χ4n) is 5.55. The van der Waals surface area contributed by atoms with Crippen molar-refractivity contribution >= 4 is 21.8 Å². The van der Waals surface area contributed by atoms with Crippen LogP contribution in [0, 0.1) is 32.2 Å². The number of pyridine rings is 1. The molecule has 7 rings (SSSR count). The standard InChI is InChI=1S/C37H24N6O2.Pt/c1-24-19-20-40-33(21-24)42-31-16-9-8-15-29(31)30-18-17-28(23-32(30)42)45-27-14-10-13-26(22-27)43-35(36(38-2)39-3)34(37(41-43)44-4)25-11-6-5-7-12-25;/h5-21,36H,1,4H3;/q-2;+2. The van der Waals surface area contributed by atoms with Crippen LogP contribution in [0.25, 0.3) is 54.1 Å². The molecule has 0 saturated heterocycles. The van der Waals surface area contributed by atoms with Gasteiger partial charge in [-0.2, -0.15) is 12.1 Å². The topological polar surface area (TPSA) is 62.8 Å². The molecule has 7 aromatic rings. The van der Waals surface area contributed by atoms with Crippen LogP contribution in [0.2, 0.25) is 0 Å². The fraction of sp³-hybridized carbons (Fsp3) is 0.0811. The predicted molar refractivity (Wildman–Crippen MR) is 173 cm³/mol. The Morgan fingerprint density at radius 1 is 0.826 bits per heavy atom. The third kappa shape index (κ3) is 5.30. The molecule has 3 heterocycles. The Labute approximate surface area is 280 Å². The van der Waals surface area contributed by atoms with Gasteiger partial charge in [0.2, 0.25) is 11.6 Å². The number of para-hydroxylation sites is 1. The van der Waals surface area contributed by atoms with Gasteiger partial charge in [0.15, 0.2) is 0 Å². The summed E-state index contributed by atoms with van der Waals surface area (Å²) >= 11 is 0. The van der Waals surface area contributed by atoms with Crippen molar-refractivity contribution in [3.05, 3.63) is 149 Å². The Morgan fingerprint density at radius 3 is 2.35 bits per heavy atom. The average molecular weight is 780 g/mol. The number of aryl methyl sites for hydroxylation is 1. The number of methoxy groups -OCH3 is 1. The first kappa shape index (κ1) is 30.3. The number of hydrogen-bond donors (Lipinski definition) is 0. The van der Waals surface area contributed by atoms with Gasteiger partial charge in [-0.1, -0.05) is 54.0 Å². The van der Waals surface area contributed by atoms with Crippen molar-refractivity contribution in [2.75, 3.05) is 7.11 Å². The molecule has 4 aromatic carbocycles. The molecule has 0 atom stereocenters. The van der Waals surface area contributed by atoms with E-state index in [9.17, 15) is 0 Å². The van der Waals surface area contributed by atoms with Crippen LogP contribution >= 0.6 is 0 Å². The Morgan fingerprint density at radius 2 is 1.59 bits per heavy atom. The molecule has 0 fully saturated rings. The molecule has 46 heavy (non-hydrogen) atoms. The largest absolute Gasteiger partial charge is 2.00 e. The summed E-state index contributed by atoms with van der Waals surface area (Å²) in [4.78, 5) is 11.8. The summed E-state index contributed by atoms with van der Waals surface area (Å²) in [6, 6.07) is 37.8. The molecular formula is C37H24N6O2Pt. The molecule has 3 aromatic heterocycles. The number of hydrogen-bond acceptors (Lipinski definition) is 4. The van der Waals surface area contributed by atoms with Crippen LogP contribution in [0.4, 0.5) is 0 Å². The van der Waals surface area contributed by atoms with Crippen molar-refractivity contribution in [1.82, 2.24) is 19.3 Å². The Bertz CT molecular complexity index is 2280. The molecule has 0 unspecified atom stereocenters. The van der Waals surface area contributed by atoms with E-state index in [0.717, 1.165) is 38.8 Å². The first-order valence-corrected chi connectivity index (χ1v) is 14.1. The maximum Gasteiger partial charge on any atom is 2.00 e. The fourth-order valence-corrected chi connectivity index (χ4v) is 5.55. The van der Waals surface area contributed by atoms with Crippen LogP contribution < -0.4 is 9.47 Å². The molecule has 0 saturated carbocycles. The van der Waals surface area contributed by atoms with Crippen molar-refractivity contribution in [2.45, 2.75) is 13.1 Å². The van der Waals surface area contributed by atoms with E-state index >= 15 is 0 Å². The normalized spacial score (nSPS) is 10.8. The van der Waals surface area contributed by atoms with E-state index < -0.39 is 6.17 Å². The van der Waals surface area contributed by atoms with E-state index in [1.54, 1.807) is 23.0 Å². The second kappa shape index (κ2) is 12.7. The minimum atomic E-state index is -1.14. The Kier molecular flexibility index (Phi) is 8.40. The Balaban J connectivity index is 0.00000372. The zero-order valence-corrected chi connectivity index (χ0v) is 27.0. The van der Waals surface area contributed by atoms with Gasteiger partial charge in [-0.05, 0) is 47.3 Å². The molecule has 8 nitrogen and oxygen atoms in total. The van der Waals surface area contributed by atoms with Crippen LogP contribution in [-0.4, -0.2) is 26.4 Å². The molecule has 224 valence electrons. The molecule has 0 N–H and O–H groups in total. The molecular weight excluding hydrogens is 756 g/mol. The molecule has 9 heteroatoms. The molecule has 0 aliphatic heterocycles. The molecule has 0 aliphatic rings. The van der Waals surface area contributed by atoms with E-state index in [2.05, 4.69) is 48.6 Å². The zero-order valence-electron chi connectivity index (χ0n) is 24.7. The predicted octanol–water partition coefficient (Wildman–Crippen LogP) is 8.58. The van der Waals surface area contributed by atoms with Gasteiger partial charge in [-0.25, -0.2) is 32.5 Å². The SMILES string of the molecule is [C-]#[N+]C([N+]#[C-])c1c(-c2ccccc2)c(OC)nn1-c1[c-]c(Oc2[c-]c3c(cc2)c2ccccc2n3-c2cc(C)ccn2)ccc1.[Pt+2]. The maximum absolute atomic E-state index is 7.75. The molecule has 0 bridgehead atoms. The van der Waals surface area contributed by atoms with E-state index in [4.69, 9.17) is 22.6 Å². The van der Waals surface area contributed by atoms with E-state index in [1.165, 1.54) is 7.11 Å². The van der Waals surface area contributed by atoms with Gasteiger partial charge in [0.1, 0.15) is 5.82 Å². The molecule has 0 aliphatic carbocycles. The zero-order chi connectivity index (χ0) is 30.9. The van der Waals surface area contributed by atoms with Crippen LogP contribution in [0.15, 0.2) is 103 Å². The van der Waals surface area contributed by atoms with E-state index in [1.807, 2.05) is 79.7 Å². The number of nitrogens with zero attached hydrogens (tertiary/aromatic N) is 6. The monoisotopic (exact) mass is 779 g/mol. The van der Waals surface area contributed by atoms with Crippen molar-refractivity contribution in [2.24, 2.45) is 0 Å². The van der Waals surface area contributed by atoms with Gasteiger partial charge in [0.05, 0.1) is 12.7 Å². The van der Waals surface area contributed by atoms with Crippen molar-refractivity contribution in [1.29, 1.82) is 0 Å². The second-order valence-corrected chi connectivity index (χ2v) is 10.3. The van der Waals surface area contributed by atoms with E-state index in [-0.39, 0.29) is 21.1 Å². The van der Waals surface area contributed by atoms with Gasteiger partial charge in [0.25, 0.3) is 0 Å². The third-order valence-electron chi connectivity index (χ3n) is 7.52. The summed E-state index contributed by atoms with van der Waals surface area (Å²) < 4.78 is 15.6. The van der Waals surface area contributed by atoms with Gasteiger partial charge in [0, 0.05) is 23.2 Å². The van der Waals surface area contributed by atoms with Crippen LogP contribution in [0.1, 0.15) is 17.4 Å². The minimum absolute atomic E-state index is 0. The number of fused-ring (bicyclic) bond motifs is 3. The minimum Gasteiger partial charge on any atom is -0.509 e. The second-order valence-electron chi connectivity index (χ2n) is 10.3. The third-order valence-corrected chi connectivity index (χ3v) is 7.52. The molecule has 0 amide bonds. The van der Waals surface area contributed by atoms with Crippen LogP contribution in [-0.2, 0) is 21.1 Å². The van der Waals surface area contributed by atoms with Crippen molar-refractivity contribution in [3.63, 3.8) is 0 Å². The van der Waals surface area contributed by atoms with Gasteiger partial charge < -0.3 is 14.0 Å². The van der Waals surface area contributed by atoms with E-state index in [0.29, 0.717) is 34.3 Å². The number of aromatic nitrogens is 4. The van der Waals surface area contributed by atoms with Gasteiger partial charge >= 0.3 is 27.2 Å². The van der Waals surface area contributed by atoms with Crippen LogP contribution in [0.3, 0.4) is 0 Å². The van der Waals surface area contributed by atoms with Crippen molar-refractivity contribution in [3.8, 4) is 40.0 Å². The summed E-state index contributed by atoms with van der Waals surface area (Å²) in [7, 11) is 1.52. The molecule has 0 spiro atoms. The average Bonchev–Trinajstić information content (AvgIpc) is 3.62. The molecule has 0 radical (unpaired) electrons. The number of ether oxygens (including phenoxy) is 2. The summed E-state index contributed by atoms with van der Waals surface area (Å²) in [6.45, 7) is 17.6. The summed E-state index contributed by atoms with van der Waals surface area (Å²) in [5.41, 5.74) is 5.25.